The lowest BCUT2D eigenvalue weighted by Crippen LogP contribution is -2.39. The molecule has 0 aromatic carbocycles. The minimum absolute atomic E-state index is 0.108. The molecule has 0 aromatic heterocycles. The molecule has 0 heterocycles. The van der Waals surface area contributed by atoms with Crippen LogP contribution in [0.3, 0.4) is 0 Å². The fourth-order valence-corrected chi connectivity index (χ4v) is 2.24. The van der Waals surface area contributed by atoms with Crippen LogP contribution < -0.4 is 5.73 Å². The van der Waals surface area contributed by atoms with Gasteiger partial charge in [-0.05, 0) is 24.9 Å². The zero-order chi connectivity index (χ0) is 13.3. The van der Waals surface area contributed by atoms with E-state index in [-0.39, 0.29) is 18.1 Å². The first-order valence-corrected chi connectivity index (χ1v) is 7.28. The van der Waals surface area contributed by atoms with Crippen LogP contribution in [-0.2, 0) is 9.53 Å². The Hall–Kier alpha value is -0.260. The average molecular weight is 262 g/mol. The molecule has 0 radical (unpaired) electrons. The fraction of sp³-hybridized carbons (Fsp3) is 0.917. The van der Waals surface area contributed by atoms with E-state index in [2.05, 4.69) is 13.8 Å². The van der Waals surface area contributed by atoms with E-state index in [1.165, 1.54) is 0 Å². The Bertz CT molecular complexity index is 211. The van der Waals surface area contributed by atoms with Gasteiger partial charge in [-0.3, -0.25) is 4.79 Å². The topological polar surface area (TPSA) is 55.6 Å². The number of methoxy groups -OCH3 is 1. The van der Waals surface area contributed by atoms with Gasteiger partial charge in [0.05, 0.1) is 12.5 Å². The molecule has 0 saturated carbocycles. The molecule has 17 heavy (non-hydrogen) atoms. The number of rotatable bonds is 9. The van der Waals surface area contributed by atoms with E-state index in [1.807, 2.05) is 18.8 Å². The predicted octanol–water partition coefficient (Wildman–Crippen LogP) is 1.34. The summed E-state index contributed by atoms with van der Waals surface area (Å²) in [4.78, 5) is 13.7. The van der Waals surface area contributed by atoms with Gasteiger partial charge >= 0.3 is 0 Å². The van der Waals surface area contributed by atoms with Gasteiger partial charge in [0.15, 0.2) is 0 Å². The maximum atomic E-state index is 11.9. The largest absolute Gasteiger partial charge is 0.380 e. The molecule has 2 unspecified atom stereocenters. The highest BCUT2D eigenvalue weighted by Gasteiger charge is 2.19. The third kappa shape index (κ3) is 6.91. The normalized spacial score (nSPS) is 14.4. The van der Waals surface area contributed by atoms with Gasteiger partial charge in [-0.15, -0.1) is 0 Å². The van der Waals surface area contributed by atoms with Gasteiger partial charge in [0.1, 0.15) is 0 Å². The van der Waals surface area contributed by atoms with Crippen molar-refractivity contribution in [3.05, 3.63) is 0 Å². The molecule has 5 heteroatoms. The molecule has 2 N–H and O–H groups in total. The van der Waals surface area contributed by atoms with Gasteiger partial charge in [-0.25, -0.2) is 0 Å². The van der Waals surface area contributed by atoms with Gasteiger partial charge in [0.25, 0.3) is 0 Å². The van der Waals surface area contributed by atoms with Gasteiger partial charge in [0, 0.05) is 26.7 Å². The molecule has 0 aromatic rings. The molecule has 0 aliphatic rings. The van der Waals surface area contributed by atoms with Crippen molar-refractivity contribution in [2.45, 2.75) is 38.8 Å². The highest BCUT2D eigenvalue weighted by Crippen LogP contribution is 2.10. The van der Waals surface area contributed by atoms with Crippen LogP contribution in [0, 0.1) is 0 Å². The summed E-state index contributed by atoms with van der Waals surface area (Å²) in [7, 11) is 3.44. The Kier molecular flexibility index (Phi) is 9.59. The van der Waals surface area contributed by atoms with Crippen molar-refractivity contribution in [3.63, 3.8) is 0 Å². The zero-order valence-electron chi connectivity index (χ0n) is 11.4. The monoisotopic (exact) mass is 262 g/mol. The van der Waals surface area contributed by atoms with Crippen molar-refractivity contribution in [2.24, 2.45) is 5.73 Å². The molecule has 0 fully saturated rings. The maximum Gasteiger partial charge on any atom is 0.225 e. The van der Waals surface area contributed by atoms with E-state index in [0.29, 0.717) is 13.0 Å². The molecule has 1 amide bonds. The van der Waals surface area contributed by atoms with Crippen LogP contribution in [0.15, 0.2) is 0 Å². The molecule has 102 valence electrons. The number of hydrogen-bond acceptors (Lipinski definition) is 4. The second-order valence-electron chi connectivity index (χ2n) is 4.14. The summed E-state index contributed by atoms with van der Waals surface area (Å²) >= 11 is 1.91. The Morgan fingerprint density at radius 3 is 2.65 bits per heavy atom. The van der Waals surface area contributed by atoms with Crippen LogP contribution >= 0.6 is 11.8 Å². The van der Waals surface area contributed by atoms with Gasteiger partial charge < -0.3 is 15.4 Å². The Morgan fingerprint density at radius 2 is 2.18 bits per heavy atom. The molecule has 0 saturated heterocycles. The summed E-state index contributed by atoms with van der Waals surface area (Å²) in [6, 6.07) is 0.275. The quantitative estimate of drug-likeness (QED) is 0.637. The van der Waals surface area contributed by atoms with Crippen LogP contribution in [0.2, 0.25) is 0 Å². The smallest absolute Gasteiger partial charge is 0.225 e. The molecule has 0 spiro atoms. The molecule has 0 aliphatic carbocycles. The van der Waals surface area contributed by atoms with Gasteiger partial charge in [-0.1, -0.05) is 6.92 Å². The number of nitrogens with two attached hydrogens (primary N) is 1. The maximum absolute atomic E-state index is 11.9. The molecular formula is C12H26N2O2S. The SMILES string of the molecule is CCSCCC(C)N(C)C(=O)CC(CN)OC. The van der Waals surface area contributed by atoms with Crippen LogP contribution in [0.4, 0.5) is 0 Å². The number of carbonyl (C=O) groups excluding carboxylic acids is 1. The number of thioether (sulfide) groups is 1. The van der Waals surface area contributed by atoms with E-state index >= 15 is 0 Å². The van der Waals surface area contributed by atoms with Crippen molar-refractivity contribution < 1.29 is 9.53 Å². The first-order valence-electron chi connectivity index (χ1n) is 6.13. The molecule has 0 bridgehead atoms. The van der Waals surface area contributed by atoms with Crippen molar-refractivity contribution >= 4 is 17.7 Å². The highest BCUT2D eigenvalue weighted by molar-refractivity contribution is 7.99. The molecule has 0 rings (SSSR count). The summed E-state index contributed by atoms with van der Waals surface area (Å²) < 4.78 is 5.12. The summed E-state index contributed by atoms with van der Waals surface area (Å²) in [6.45, 7) is 4.61. The first-order chi connectivity index (χ1) is 8.06. The summed E-state index contributed by atoms with van der Waals surface area (Å²) in [5.74, 6) is 2.33. The minimum Gasteiger partial charge on any atom is -0.380 e. The van der Waals surface area contributed by atoms with Gasteiger partial charge in [0.2, 0.25) is 5.91 Å². The number of nitrogens with zero attached hydrogens (tertiary/aromatic N) is 1. The minimum atomic E-state index is -0.165. The summed E-state index contributed by atoms with van der Waals surface area (Å²) in [6.07, 6.45) is 1.23. The summed E-state index contributed by atoms with van der Waals surface area (Å²) in [5, 5.41) is 0. The standard InChI is InChI=1S/C12H26N2O2S/c1-5-17-7-6-10(2)14(3)12(15)8-11(9-13)16-4/h10-11H,5-9,13H2,1-4H3. The first kappa shape index (κ1) is 16.7. The lowest BCUT2D eigenvalue weighted by atomic mass is 10.2. The number of carbonyl (C=O) groups is 1. The summed E-state index contributed by atoms with van der Waals surface area (Å²) in [5.41, 5.74) is 5.51. The fourth-order valence-electron chi connectivity index (χ4n) is 1.44. The van der Waals surface area contributed by atoms with E-state index in [9.17, 15) is 4.79 Å². The van der Waals surface area contributed by atoms with E-state index in [1.54, 1.807) is 12.0 Å². The van der Waals surface area contributed by atoms with Crippen molar-refractivity contribution in [2.75, 3.05) is 32.2 Å². The predicted molar refractivity (Wildman–Crippen MR) is 74.3 cm³/mol. The van der Waals surface area contributed by atoms with E-state index in [4.69, 9.17) is 10.5 Å². The van der Waals surface area contributed by atoms with E-state index in [0.717, 1.165) is 17.9 Å². The van der Waals surface area contributed by atoms with Crippen molar-refractivity contribution in [3.8, 4) is 0 Å². The van der Waals surface area contributed by atoms with E-state index < -0.39 is 0 Å². The number of hydrogen-bond donors (Lipinski definition) is 1. The van der Waals surface area contributed by atoms with Crippen LogP contribution in [0.25, 0.3) is 0 Å². The third-order valence-electron chi connectivity index (χ3n) is 2.94. The lowest BCUT2D eigenvalue weighted by molar-refractivity contribution is -0.134. The molecule has 2 atom stereocenters. The van der Waals surface area contributed by atoms with Crippen LogP contribution in [0.5, 0.6) is 0 Å². The molecule has 0 aliphatic heterocycles. The molecule has 4 nitrogen and oxygen atoms in total. The van der Waals surface area contributed by atoms with Crippen molar-refractivity contribution in [1.29, 1.82) is 0 Å². The number of ether oxygens (including phenoxy) is 1. The Labute approximate surface area is 109 Å². The lowest BCUT2D eigenvalue weighted by Gasteiger charge is -2.26. The highest BCUT2D eigenvalue weighted by atomic mass is 32.2. The van der Waals surface area contributed by atoms with Gasteiger partial charge in [-0.2, -0.15) is 11.8 Å². The molecular weight excluding hydrogens is 236 g/mol. The average Bonchev–Trinajstić information content (AvgIpc) is 2.34. The second-order valence-corrected chi connectivity index (χ2v) is 5.53. The Morgan fingerprint density at radius 1 is 1.53 bits per heavy atom. The second kappa shape index (κ2) is 9.74. The van der Waals surface area contributed by atoms with Crippen molar-refractivity contribution in [1.82, 2.24) is 4.90 Å². The Balaban J connectivity index is 4.01. The van der Waals surface area contributed by atoms with Crippen LogP contribution in [-0.4, -0.2) is 55.2 Å². The zero-order valence-corrected chi connectivity index (χ0v) is 12.3. The third-order valence-corrected chi connectivity index (χ3v) is 3.87. The number of amides is 1. The van der Waals surface area contributed by atoms with Crippen LogP contribution in [0.1, 0.15) is 26.7 Å².